The number of anilines is 1. The van der Waals surface area contributed by atoms with Crippen molar-refractivity contribution >= 4 is 23.1 Å². The highest BCUT2D eigenvalue weighted by Gasteiger charge is 2.26. The monoisotopic (exact) mass is 317 g/mol. The molecule has 1 N–H and O–H groups in total. The second-order valence-electron chi connectivity index (χ2n) is 5.44. The summed E-state index contributed by atoms with van der Waals surface area (Å²) in [4.78, 5) is 27.2. The van der Waals surface area contributed by atoms with Gasteiger partial charge >= 0.3 is 0 Å². The molecule has 1 saturated heterocycles. The van der Waals surface area contributed by atoms with Crippen molar-refractivity contribution in [2.45, 2.75) is 19.3 Å². The molecule has 1 atom stereocenters. The summed E-state index contributed by atoms with van der Waals surface area (Å²) in [6, 6.07) is 0. The number of aromatic nitrogens is 3. The van der Waals surface area contributed by atoms with E-state index in [9.17, 15) is 4.79 Å². The Kier molecular flexibility index (Phi) is 4.62. The predicted octanol–water partition coefficient (Wildman–Crippen LogP) is 2.07. The normalized spacial score (nSPS) is 18.2. The summed E-state index contributed by atoms with van der Waals surface area (Å²) >= 11 is 1.46. The van der Waals surface area contributed by atoms with E-state index in [0.29, 0.717) is 11.6 Å². The number of carbonyl (C=O) groups excluding carboxylic acids is 1. The molecule has 1 fully saturated rings. The summed E-state index contributed by atoms with van der Waals surface area (Å²) < 4.78 is 0. The van der Waals surface area contributed by atoms with E-state index < -0.39 is 0 Å². The Hall–Kier alpha value is -2.02. The third kappa shape index (κ3) is 3.24. The fraction of sp³-hybridized carbons (Fsp3) is 0.467. The van der Waals surface area contributed by atoms with Crippen LogP contribution in [0.25, 0.3) is 0 Å². The van der Waals surface area contributed by atoms with E-state index in [2.05, 4.69) is 20.3 Å². The topological polar surface area (TPSA) is 71.0 Å². The zero-order valence-corrected chi connectivity index (χ0v) is 13.3. The van der Waals surface area contributed by atoms with Gasteiger partial charge < -0.3 is 10.2 Å². The zero-order chi connectivity index (χ0) is 15.4. The lowest BCUT2D eigenvalue weighted by molar-refractivity contribution is 0.0667. The fourth-order valence-corrected chi connectivity index (χ4v) is 3.42. The molecule has 2 aromatic heterocycles. The van der Waals surface area contributed by atoms with Crippen LogP contribution in [0.2, 0.25) is 0 Å². The van der Waals surface area contributed by atoms with Crippen molar-refractivity contribution in [3.05, 3.63) is 34.7 Å². The highest BCUT2D eigenvalue weighted by molar-refractivity contribution is 7.07. The van der Waals surface area contributed by atoms with Gasteiger partial charge in [0, 0.05) is 37.9 Å². The van der Waals surface area contributed by atoms with Crippen molar-refractivity contribution in [3.63, 3.8) is 0 Å². The zero-order valence-electron chi connectivity index (χ0n) is 12.5. The minimum absolute atomic E-state index is 0.0407. The molecule has 1 aliphatic rings. The smallest absolute Gasteiger partial charge is 0.273 e. The summed E-state index contributed by atoms with van der Waals surface area (Å²) in [5.74, 6) is 1.28. The number of carbonyl (C=O) groups is 1. The van der Waals surface area contributed by atoms with E-state index in [1.165, 1.54) is 11.3 Å². The maximum Gasteiger partial charge on any atom is 0.273 e. The molecule has 0 bridgehead atoms. The Morgan fingerprint density at radius 1 is 1.41 bits per heavy atom. The van der Waals surface area contributed by atoms with Crippen LogP contribution in [0.5, 0.6) is 0 Å². The Balaban J connectivity index is 1.67. The van der Waals surface area contributed by atoms with Crippen LogP contribution in [-0.2, 0) is 6.42 Å². The average Bonchev–Trinajstić information content (AvgIpc) is 3.09. The number of nitrogens with zero attached hydrogens (tertiary/aromatic N) is 4. The molecule has 0 spiro atoms. The summed E-state index contributed by atoms with van der Waals surface area (Å²) in [5, 5.41) is 4.89. The maximum atomic E-state index is 12.4. The summed E-state index contributed by atoms with van der Waals surface area (Å²) in [5.41, 5.74) is 3.23. The summed E-state index contributed by atoms with van der Waals surface area (Å²) in [6.07, 6.45) is 6.38. The van der Waals surface area contributed by atoms with Crippen LogP contribution in [0, 0.1) is 5.92 Å². The van der Waals surface area contributed by atoms with Gasteiger partial charge in [-0.05, 0) is 25.2 Å². The molecular weight excluding hydrogens is 298 g/mol. The highest BCUT2D eigenvalue weighted by Crippen LogP contribution is 2.23. The Morgan fingerprint density at radius 3 is 3.05 bits per heavy atom. The van der Waals surface area contributed by atoms with Crippen molar-refractivity contribution in [2.75, 3.05) is 25.5 Å². The third-order valence-electron chi connectivity index (χ3n) is 3.95. The van der Waals surface area contributed by atoms with Crippen LogP contribution in [0.3, 0.4) is 0 Å². The molecule has 0 aromatic carbocycles. The van der Waals surface area contributed by atoms with Gasteiger partial charge in [-0.2, -0.15) is 0 Å². The summed E-state index contributed by atoms with van der Waals surface area (Å²) in [6.45, 7) is 1.57. The van der Waals surface area contributed by atoms with E-state index in [1.807, 2.05) is 17.3 Å². The Bertz CT molecular complexity index is 631. The van der Waals surface area contributed by atoms with Crippen molar-refractivity contribution in [1.82, 2.24) is 19.9 Å². The molecule has 1 amide bonds. The lowest BCUT2D eigenvalue weighted by Gasteiger charge is -2.32. The number of amides is 1. The van der Waals surface area contributed by atoms with Crippen LogP contribution in [0.15, 0.2) is 23.3 Å². The molecule has 7 heteroatoms. The van der Waals surface area contributed by atoms with E-state index >= 15 is 0 Å². The standard InChI is InChI=1S/C15H19N5OS/c1-16-14-12(17-4-5-18-14)7-11-3-2-6-20(8-11)15(21)13-9-22-10-19-13/h4-5,9-11H,2-3,6-8H2,1H3,(H,16,18)/t11-/m1/s1. The second-order valence-corrected chi connectivity index (χ2v) is 6.16. The van der Waals surface area contributed by atoms with Gasteiger partial charge in [-0.15, -0.1) is 11.3 Å². The molecule has 3 rings (SSSR count). The predicted molar refractivity (Wildman–Crippen MR) is 86.0 cm³/mol. The van der Waals surface area contributed by atoms with Crippen LogP contribution in [0.1, 0.15) is 29.0 Å². The van der Waals surface area contributed by atoms with Gasteiger partial charge in [0.05, 0.1) is 11.2 Å². The molecule has 22 heavy (non-hydrogen) atoms. The Labute approximate surface area is 133 Å². The second kappa shape index (κ2) is 6.83. The first-order chi connectivity index (χ1) is 10.8. The van der Waals surface area contributed by atoms with E-state index in [0.717, 1.165) is 43.9 Å². The van der Waals surface area contributed by atoms with Gasteiger partial charge in [-0.3, -0.25) is 9.78 Å². The number of thiazole rings is 1. The number of rotatable bonds is 4. The minimum atomic E-state index is 0.0407. The van der Waals surface area contributed by atoms with Crippen molar-refractivity contribution in [2.24, 2.45) is 5.92 Å². The van der Waals surface area contributed by atoms with Crippen LogP contribution < -0.4 is 5.32 Å². The van der Waals surface area contributed by atoms with Gasteiger partial charge in [0.1, 0.15) is 11.5 Å². The van der Waals surface area contributed by atoms with Gasteiger partial charge in [0.15, 0.2) is 0 Å². The molecule has 2 aromatic rings. The molecule has 1 aliphatic heterocycles. The quantitative estimate of drug-likeness (QED) is 0.935. The number of likely N-dealkylation sites (tertiary alicyclic amines) is 1. The third-order valence-corrected chi connectivity index (χ3v) is 4.54. The number of nitrogens with one attached hydrogen (secondary N) is 1. The van der Waals surface area contributed by atoms with Gasteiger partial charge in [0.25, 0.3) is 5.91 Å². The number of hydrogen-bond acceptors (Lipinski definition) is 6. The van der Waals surface area contributed by atoms with E-state index in [1.54, 1.807) is 17.9 Å². The largest absolute Gasteiger partial charge is 0.372 e. The van der Waals surface area contributed by atoms with Crippen LogP contribution in [0.4, 0.5) is 5.82 Å². The van der Waals surface area contributed by atoms with Crippen molar-refractivity contribution < 1.29 is 4.79 Å². The summed E-state index contributed by atoms with van der Waals surface area (Å²) in [7, 11) is 1.85. The Morgan fingerprint density at radius 2 is 2.27 bits per heavy atom. The molecule has 0 aliphatic carbocycles. The molecule has 0 unspecified atom stereocenters. The highest BCUT2D eigenvalue weighted by atomic mass is 32.1. The molecule has 116 valence electrons. The number of piperidine rings is 1. The number of hydrogen-bond donors (Lipinski definition) is 1. The first kappa shape index (κ1) is 14.9. The molecule has 3 heterocycles. The molecule has 6 nitrogen and oxygen atoms in total. The van der Waals surface area contributed by atoms with E-state index in [-0.39, 0.29) is 5.91 Å². The molecule has 0 saturated carbocycles. The fourth-order valence-electron chi connectivity index (χ4n) is 2.89. The van der Waals surface area contributed by atoms with Crippen molar-refractivity contribution in [1.29, 1.82) is 0 Å². The lowest BCUT2D eigenvalue weighted by Crippen LogP contribution is -2.40. The van der Waals surface area contributed by atoms with Crippen LogP contribution in [-0.4, -0.2) is 45.9 Å². The first-order valence-electron chi connectivity index (χ1n) is 7.43. The lowest BCUT2D eigenvalue weighted by atomic mass is 9.93. The minimum Gasteiger partial charge on any atom is -0.372 e. The first-order valence-corrected chi connectivity index (χ1v) is 8.37. The SMILES string of the molecule is CNc1nccnc1C[C@H]1CCCN(C(=O)c2cscn2)C1. The maximum absolute atomic E-state index is 12.4. The van der Waals surface area contributed by atoms with E-state index in [4.69, 9.17) is 0 Å². The van der Waals surface area contributed by atoms with Gasteiger partial charge in [-0.25, -0.2) is 9.97 Å². The van der Waals surface area contributed by atoms with Gasteiger partial charge in [-0.1, -0.05) is 0 Å². The molecular formula is C15H19N5OS. The molecule has 0 radical (unpaired) electrons. The van der Waals surface area contributed by atoms with Gasteiger partial charge in [0.2, 0.25) is 0 Å². The van der Waals surface area contributed by atoms with Crippen LogP contribution >= 0.6 is 11.3 Å². The average molecular weight is 317 g/mol. The van der Waals surface area contributed by atoms with Crippen molar-refractivity contribution in [3.8, 4) is 0 Å².